The van der Waals surface area contributed by atoms with Gasteiger partial charge in [0.2, 0.25) is 5.88 Å². The number of halogens is 1. The molecule has 32 heavy (non-hydrogen) atoms. The fourth-order valence-corrected chi connectivity index (χ4v) is 3.36. The second kappa shape index (κ2) is 9.06. The molecule has 0 aliphatic rings. The Morgan fingerprint density at radius 3 is 2.75 bits per heavy atom. The van der Waals surface area contributed by atoms with E-state index in [1.165, 1.54) is 23.0 Å². The van der Waals surface area contributed by atoms with Crippen molar-refractivity contribution in [1.82, 2.24) is 14.6 Å². The van der Waals surface area contributed by atoms with Crippen LogP contribution in [0.5, 0.6) is 11.6 Å². The largest absolute Gasteiger partial charge is 0.438 e. The van der Waals surface area contributed by atoms with E-state index in [0.29, 0.717) is 34.5 Å². The number of nitrogens with zero attached hydrogens (tertiary/aromatic N) is 5. The second-order valence-corrected chi connectivity index (χ2v) is 7.57. The summed E-state index contributed by atoms with van der Waals surface area (Å²) in [6.45, 7) is 1.90. The fourth-order valence-electron chi connectivity index (χ4n) is 3.00. The van der Waals surface area contributed by atoms with E-state index in [2.05, 4.69) is 31.0 Å². The van der Waals surface area contributed by atoms with Gasteiger partial charge in [-0.15, -0.1) is 0 Å². The minimum atomic E-state index is -0.531. The molecule has 0 bridgehead atoms. The van der Waals surface area contributed by atoms with Crippen LogP contribution in [0.3, 0.4) is 0 Å². The molecule has 2 aromatic heterocycles. The number of fused-ring (bicyclic) bond motifs is 1. The summed E-state index contributed by atoms with van der Waals surface area (Å²) in [5, 5.41) is 15.6. The van der Waals surface area contributed by atoms with E-state index < -0.39 is 4.92 Å². The summed E-state index contributed by atoms with van der Waals surface area (Å²) in [7, 11) is 0. The van der Waals surface area contributed by atoms with E-state index >= 15 is 0 Å². The van der Waals surface area contributed by atoms with Crippen molar-refractivity contribution in [3.8, 4) is 11.6 Å². The van der Waals surface area contributed by atoms with E-state index in [9.17, 15) is 14.9 Å². The van der Waals surface area contributed by atoms with Crippen LogP contribution in [0.15, 0.2) is 75.2 Å². The van der Waals surface area contributed by atoms with Crippen molar-refractivity contribution in [1.29, 1.82) is 0 Å². The summed E-state index contributed by atoms with van der Waals surface area (Å²) in [4.78, 5) is 31.8. The number of ether oxygens (including phenoxy) is 1. The molecular weight excluding hydrogens is 478 g/mol. The van der Waals surface area contributed by atoms with Gasteiger partial charge in [0, 0.05) is 28.6 Å². The molecule has 160 valence electrons. The lowest BCUT2D eigenvalue weighted by molar-refractivity contribution is -0.385. The van der Waals surface area contributed by atoms with E-state index in [4.69, 9.17) is 4.74 Å². The van der Waals surface area contributed by atoms with Crippen LogP contribution in [0.1, 0.15) is 18.3 Å². The minimum Gasteiger partial charge on any atom is -0.438 e. The van der Waals surface area contributed by atoms with E-state index in [1.54, 1.807) is 36.4 Å². The molecule has 0 saturated heterocycles. The van der Waals surface area contributed by atoms with Crippen LogP contribution < -0.4 is 10.3 Å². The topological polar surface area (TPSA) is 113 Å². The third-order valence-corrected chi connectivity index (χ3v) is 5.06. The lowest BCUT2D eigenvalue weighted by Crippen LogP contribution is -2.22. The van der Waals surface area contributed by atoms with Crippen LogP contribution >= 0.6 is 15.9 Å². The number of aromatic nitrogens is 3. The SMILES string of the molecule is CCc1nc2ccc(Br)cc2c(=O)n1N=Cc1ccccc1Oc1ccc([N+](=O)[O-])cn1. The van der Waals surface area contributed by atoms with Crippen molar-refractivity contribution in [3.05, 3.63) is 97.1 Å². The molecule has 0 fully saturated rings. The van der Waals surface area contributed by atoms with Crippen molar-refractivity contribution in [2.75, 3.05) is 0 Å². The third kappa shape index (κ3) is 4.40. The number of nitro groups is 1. The monoisotopic (exact) mass is 493 g/mol. The number of pyridine rings is 1. The summed E-state index contributed by atoms with van der Waals surface area (Å²) in [5.41, 5.74) is 0.791. The summed E-state index contributed by atoms with van der Waals surface area (Å²) in [6.07, 6.45) is 3.15. The quantitative estimate of drug-likeness (QED) is 0.218. The van der Waals surface area contributed by atoms with Gasteiger partial charge in [-0.3, -0.25) is 14.9 Å². The maximum absolute atomic E-state index is 13.0. The number of rotatable bonds is 6. The van der Waals surface area contributed by atoms with Crippen molar-refractivity contribution in [2.45, 2.75) is 13.3 Å². The molecule has 0 radical (unpaired) electrons. The standard InChI is InChI=1S/C22H16BrN5O4/c1-2-20-26-18-9-7-15(23)11-17(18)22(29)27(20)25-12-14-5-3-4-6-19(14)32-21-10-8-16(13-24-21)28(30)31/h3-13H,2H2,1H3. The van der Waals surface area contributed by atoms with Gasteiger partial charge in [-0.1, -0.05) is 35.0 Å². The zero-order valence-electron chi connectivity index (χ0n) is 16.8. The highest BCUT2D eigenvalue weighted by atomic mass is 79.9. The Hall–Kier alpha value is -3.92. The predicted molar refractivity (Wildman–Crippen MR) is 123 cm³/mol. The maximum Gasteiger partial charge on any atom is 0.287 e. The van der Waals surface area contributed by atoms with Gasteiger partial charge in [0.05, 0.1) is 22.0 Å². The summed E-state index contributed by atoms with van der Waals surface area (Å²) in [6, 6.07) is 15.1. The van der Waals surface area contributed by atoms with Crippen LogP contribution in [0.2, 0.25) is 0 Å². The Balaban J connectivity index is 1.70. The van der Waals surface area contributed by atoms with Crippen molar-refractivity contribution < 1.29 is 9.66 Å². The Morgan fingerprint density at radius 1 is 1.22 bits per heavy atom. The van der Waals surface area contributed by atoms with E-state index in [-0.39, 0.29) is 17.1 Å². The van der Waals surface area contributed by atoms with Crippen LogP contribution in [0.4, 0.5) is 5.69 Å². The zero-order chi connectivity index (χ0) is 22.7. The van der Waals surface area contributed by atoms with Gasteiger partial charge >= 0.3 is 0 Å². The van der Waals surface area contributed by atoms with Gasteiger partial charge in [0.1, 0.15) is 17.8 Å². The summed E-state index contributed by atoms with van der Waals surface area (Å²) >= 11 is 3.38. The number of benzene rings is 2. The number of hydrogen-bond acceptors (Lipinski definition) is 7. The normalized spacial score (nSPS) is 11.2. The first-order valence-electron chi connectivity index (χ1n) is 9.59. The number of para-hydroxylation sites is 1. The minimum absolute atomic E-state index is 0.130. The molecule has 0 amide bonds. The van der Waals surface area contributed by atoms with Crippen LogP contribution in [0.25, 0.3) is 10.9 Å². The van der Waals surface area contributed by atoms with Gasteiger partial charge < -0.3 is 4.74 Å². The molecule has 0 aliphatic carbocycles. The highest BCUT2D eigenvalue weighted by Crippen LogP contribution is 2.24. The molecule has 0 aliphatic heterocycles. The van der Waals surface area contributed by atoms with Crippen molar-refractivity contribution >= 4 is 38.7 Å². The fraction of sp³-hybridized carbons (Fsp3) is 0.0909. The molecule has 9 nitrogen and oxygen atoms in total. The molecule has 0 atom stereocenters. The molecule has 2 heterocycles. The maximum atomic E-state index is 13.0. The molecule has 4 aromatic rings. The summed E-state index contributed by atoms with van der Waals surface area (Å²) < 4.78 is 7.82. The molecule has 0 saturated carbocycles. The predicted octanol–water partition coefficient (Wildman–Crippen LogP) is 4.70. The summed E-state index contributed by atoms with van der Waals surface area (Å²) in [5.74, 6) is 1.15. The van der Waals surface area contributed by atoms with Gasteiger partial charge in [-0.05, 0) is 30.3 Å². The molecule has 0 N–H and O–H groups in total. The van der Waals surface area contributed by atoms with Crippen LogP contribution in [-0.2, 0) is 6.42 Å². The molecule has 2 aromatic carbocycles. The molecule has 0 unspecified atom stereocenters. The molecular formula is C22H16BrN5O4. The van der Waals surface area contributed by atoms with Crippen molar-refractivity contribution in [3.63, 3.8) is 0 Å². The second-order valence-electron chi connectivity index (χ2n) is 6.66. The van der Waals surface area contributed by atoms with Gasteiger partial charge in [0.15, 0.2) is 0 Å². The zero-order valence-corrected chi connectivity index (χ0v) is 18.4. The van der Waals surface area contributed by atoms with Crippen LogP contribution in [0, 0.1) is 10.1 Å². The van der Waals surface area contributed by atoms with E-state index in [0.717, 1.165) is 10.7 Å². The highest BCUT2D eigenvalue weighted by molar-refractivity contribution is 9.10. The number of hydrogen-bond donors (Lipinski definition) is 0. The third-order valence-electron chi connectivity index (χ3n) is 4.57. The Kier molecular flexibility index (Phi) is 6.04. The number of aryl methyl sites for hydroxylation is 1. The van der Waals surface area contributed by atoms with Crippen molar-refractivity contribution in [2.24, 2.45) is 5.10 Å². The molecule has 4 rings (SSSR count). The average Bonchev–Trinajstić information content (AvgIpc) is 2.80. The average molecular weight is 494 g/mol. The Labute approximate surface area is 190 Å². The highest BCUT2D eigenvalue weighted by Gasteiger charge is 2.11. The van der Waals surface area contributed by atoms with Crippen LogP contribution in [-0.4, -0.2) is 25.8 Å². The first-order chi connectivity index (χ1) is 15.5. The molecule has 10 heteroatoms. The van der Waals surface area contributed by atoms with Gasteiger partial charge in [-0.25, -0.2) is 9.97 Å². The first kappa shape index (κ1) is 21.3. The van der Waals surface area contributed by atoms with E-state index in [1.807, 2.05) is 13.0 Å². The Bertz CT molecular complexity index is 1400. The molecule has 0 spiro atoms. The first-order valence-corrected chi connectivity index (χ1v) is 10.4. The smallest absolute Gasteiger partial charge is 0.287 e. The van der Waals surface area contributed by atoms with Gasteiger partial charge in [0.25, 0.3) is 11.2 Å². The lowest BCUT2D eigenvalue weighted by atomic mass is 10.2. The van der Waals surface area contributed by atoms with Gasteiger partial charge in [-0.2, -0.15) is 9.78 Å². The Morgan fingerprint density at radius 2 is 2.03 bits per heavy atom. The lowest BCUT2D eigenvalue weighted by Gasteiger charge is -2.09.